The molecule has 2 saturated heterocycles. The van der Waals surface area contributed by atoms with Gasteiger partial charge in [-0.05, 0) is 13.8 Å². The number of methoxy groups -OCH3 is 2. The van der Waals surface area contributed by atoms with E-state index in [-0.39, 0.29) is 12.7 Å². The molecule has 0 saturated carbocycles. The van der Waals surface area contributed by atoms with E-state index in [1.165, 1.54) is 14.2 Å². The average Bonchev–Trinajstić information content (AvgIpc) is 2.92. The molecule has 10 atom stereocenters. The standard InChI is InChI=1S/2C8H16O5/c1-4-6(10)8(12-2)7(11)5(3-9)13-4;1-4-6(11)8(12-2)7(13-4)5(10)3-9/h2*4-11H,3H2,1-2H3/t4-,5?,6?,7+,8-;4-,5-,6-,7+,8?/m11/s1. The molecular weight excluding hydrogens is 352 g/mol. The molecule has 2 heterocycles. The Morgan fingerprint density at radius 3 is 1.81 bits per heavy atom. The third-order valence-electron chi connectivity index (χ3n) is 4.73. The van der Waals surface area contributed by atoms with Crippen molar-refractivity contribution in [2.45, 2.75) is 74.9 Å². The third-order valence-corrected chi connectivity index (χ3v) is 4.73. The van der Waals surface area contributed by atoms with Crippen LogP contribution in [0.4, 0.5) is 0 Å². The molecule has 3 unspecified atom stereocenters. The van der Waals surface area contributed by atoms with Crippen LogP contribution in [0.15, 0.2) is 0 Å². The molecule has 0 radical (unpaired) electrons. The topological polar surface area (TPSA) is 158 Å². The van der Waals surface area contributed by atoms with Crippen molar-refractivity contribution in [3.05, 3.63) is 0 Å². The fourth-order valence-corrected chi connectivity index (χ4v) is 3.10. The van der Waals surface area contributed by atoms with Crippen LogP contribution in [-0.2, 0) is 18.9 Å². The number of ether oxygens (including phenoxy) is 4. The Balaban J connectivity index is 0.000000260. The first kappa shape index (κ1) is 23.6. The number of aliphatic hydroxyl groups is 6. The lowest BCUT2D eigenvalue weighted by Crippen LogP contribution is -2.58. The van der Waals surface area contributed by atoms with E-state index in [0.717, 1.165) is 0 Å². The van der Waals surface area contributed by atoms with Crippen LogP contribution in [0.2, 0.25) is 0 Å². The lowest BCUT2D eigenvalue weighted by molar-refractivity contribution is -0.231. The second kappa shape index (κ2) is 10.8. The van der Waals surface area contributed by atoms with E-state index in [9.17, 15) is 20.4 Å². The van der Waals surface area contributed by atoms with Crippen LogP contribution in [0.3, 0.4) is 0 Å². The number of hydrogen-bond acceptors (Lipinski definition) is 10. The molecule has 0 aromatic rings. The Morgan fingerprint density at radius 1 is 0.846 bits per heavy atom. The van der Waals surface area contributed by atoms with Crippen LogP contribution < -0.4 is 0 Å². The molecule has 0 amide bonds. The van der Waals surface area contributed by atoms with Gasteiger partial charge in [0, 0.05) is 14.2 Å². The van der Waals surface area contributed by atoms with Crippen LogP contribution in [-0.4, -0.2) is 119 Å². The lowest BCUT2D eigenvalue weighted by atomic mass is 9.96. The highest BCUT2D eigenvalue weighted by molar-refractivity contribution is 4.93. The van der Waals surface area contributed by atoms with Gasteiger partial charge in [0.25, 0.3) is 0 Å². The predicted octanol–water partition coefficient (Wildman–Crippen LogP) is -2.99. The highest BCUT2D eigenvalue weighted by Crippen LogP contribution is 2.25. The summed E-state index contributed by atoms with van der Waals surface area (Å²) in [6, 6.07) is 0. The van der Waals surface area contributed by atoms with E-state index >= 15 is 0 Å². The van der Waals surface area contributed by atoms with Crippen molar-refractivity contribution < 1.29 is 49.6 Å². The third kappa shape index (κ3) is 5.32. The predicted molar refractivity (Wildman–Crippen MR) is 88.5 cm³/mol. The van der Waals surface area contributed by atoms with Gasteiger partial charge in [-0.15, -0.1) is 0 Å². The fraction of sp³-hybridized carbons (Fsp3) is 1.00. The molecule has 156 valence electrons. The van der Waals surface area contributed by atoms with E-state index in [2.05, 4.69) is 0 Å². The first-order chi connectivity index (χ1) is 12.2. The Morgan fingerprint density at radius 2 is 1.35 bits per heavy atom. The van der Waals surface area contributed by atoms with Crippen LogP contribution in [0.1, 0.15) is 13.8 Å². The number of rotatable bonds is 5. The summed E-state index contributed by atoms with van der Waals surface area (Å²) in [5.41, 5.74) is 0. The van der Waals surface area contributed by atoms with Crippen LogP contribution >= 0.6 is 0 Å². The molecular formula is C16H32O10. The molecule has 6 N–H and O–H groups in total. The van der Waals surface area contributed by atoms with Gasteiger partial charge >= 0.3 is 0 Å². The van der Waals surface area contributed by atoms with Crippen LogP contribution in [0.25, 0.3) is 0 Å². The second-order valence-electron chi connectivity index (χ2n) is 6.49. The minimum absolute atomic E-state index is 0.280. The molecule has 0 aliphatic carbocycles. The van der Waals surface area contributed by atoms with Gasteiger partial charge < -0.3 is 49.6 Å². The largest absolute Gasteiger partial charge is 0.394 e. The SMILES string of the molecule is COC1[C@H]([C@H](O)CO)O[C@H](C)[C@H]1O.CO[C@@H]1C(O)[C@@H](C)OC(CO)[C@@H]1O. The van der Waals surface area contributed by atoms with Crippen molar-refractivity contribution in [2.75, 3.05) is 27.4 Å². The van der Waals surface area contributed by atoms with Gasteiger partial charge in [-0.25, -0.2) is 0 Å². The van der Waals surface area contributed by atoms with Gasteiger partial charge in [0.15, 0.2) is 0 Å². The minimum atomic E-state index is -1.01. The summed E-state index contributed by atoms with van der Waals surface area (Å²) in [5.74, 6) is 0. The van der Waals surface area contributed by atoms with Gasteiger partial charge in [-0.3, -0.25) is 0 Å². The summed E-state index contributed by atoms with van der Waals surface area (Å²) in [4.78, 5) is 0. The molecule has 10 nitrogen and oxygen atoms in total. The van der Waals surface area contributed by atoms with E-state index < -0.39 is 61.5 Å². The summed E-state index contributed by atoms with van der Waals surface area (Å²) in [5, 5.41) is 55.5. The Kier molecular flexibility index (Phi) is 9.83. The monoisotopic (exact) mass is 384 g/mol. The van der Waals surface area contributed by atoms with Crippen molar-refractivity contribution in [1.82, 2.24) is 0 Å². The van der Waals surface area contributed by atoms with Gasteiger partial charge in [0.05, 0.1) is 25.4 Å². The maximum absolute atomic E-state index is 9.55. The summed E-state index contributed by atoms with van der Waals surface area (Å²) in [6.07, 6.45) is -7.02. The average molecular weight is 384 g/mol. The zero-order chi connectivity index (χ0) is 20.0. The summed E-state index contributed by atoms with van der Waals surface area (Å²) in [6.45, 7) is 2.69. The van der Waals surface area contributed by atoms with E-state index in [0.29, 0.717) is 0 Å². The zero-order valence-electron chi connectivity index (χ0n) is 15.5. The second-order valence-corrected chi connectivity index (χ2v) is 6.49. The van der Waals surface area contributed by atoms with Crippen LogP contribution in [0.5, 0.6) is 0 Å². The highest BCUT2D eigenvalue weighted by atomic mass is 16.6. The van der Waals surface area contributed by atoms with Gasteiger partial charge in [0.1, 0.15) is 48.8 Å². The van der Waals surface area contributed by atoms with Gasteiger partial charge in [-0.1, -0.05) is 0 Å². The Bertz CT molecular complexity index is 395. The Labute approximate surface area is 152 Å². The van der Waals surface area contributed by atoms with Gasteiger partial charge in [-0.2, -0.15) is 0 Å². The number of aliphatic hydroxyl groups excluding tert-OH is 6. The molecule has 0 bridgehead atoms. The molecule has 0 spiro atoms. The highest BCUT2D eigenvalue weighted by Gasteiger charge is 2.45. The first-order valence-corrected chi connectivity index (χ1v) is 8.53. The maximum Gasteiger partial charge on any atom is 0.115 e. The first-order valence-electron chi connectivity index (χ1n) is 8.53. The smallest absolute Gasteiger partial charge is 0.115 e. The van der Waals surface area contributed by atoms with Crippen LogP contribution in [0, 0.1) is 0 Å². The zero-order valence-corrected chi connectivity index (χ0v) is 15.5. The lowest BCUT2D eigenvalue weighted by Gasteiger charge is -2.40. The molecule has 2 rings (SSSR count). The van der Waals surface area contributed by atoms with E-state index in [4.69, 9.17) is 29.2 Å². The van der Waals surface area contributed by atoms with Crippen molar-refractivity contribution in [3.63, 3.8) is 0 Å². The molecule has 26 heavy (non-hydrogen) atoms. The molecule has 2 fully saturated rings. The molecule has 10 heteroatoms. The summed E-state index contributed by atoms with van der Waals surface area (Å²) in [7, 11) is 2.84. The fourth-order valence-electron chi connectivity index (χ4n) is 3.10. The number of hydrogen-bond donors (Lipinski definition) is 6. The van der Waals surface area contributed by atoms with E-state index in [1.807, 2.05) is 0 Å². The van der Waals surface area contributed by atoms with E-state index in [1.54, 1.807) is 13.8 Å². The molecule has 2 aliphatic heterocycles. The van der Waals surface area contributed by atoms with Crippen molar-refractivity contribution in [3.8, 4) is 0 Å². The Hall–Kier alpha value is -0.400. The van der Waals surface area contributed by atoms with Crippen molar-refractivity contribution in [1.29, 1.82) is 0 Å². The quantitative estimate of drug-likeness (QED) is 0.289. The maximum atomic E-state index is 9.55. The van der Waals surface area contributed by atoms with Crippen molar-refractivity contribution >= 4 is 0 Å². The molecule has 0 aromatic carbocycles. The molecule has 2 aliphatic rings. The summed E-state index contributed by atoms with van der Waals surface area (Å²) >= 11 is 0. The summed E-state index contributed by atoms with van der Waals surface area (Å²) < 4.78 is 20.3. The normalized spacial score (nSPS) is 44.3. The molecule has 0 aromatic heterocycles. The van der Waals surface area contributed by atoms with Crippen molar-refractivity contribution in [2.24, 2.45) is 0 Å². The minimum Gasteiger partial charge on any atom is -0.394 e. The van der Waals surface area contributed by atoms with Gasteiger partial charge in [0.2, 0.25) is 0 Å².